The van der Waals surface area contributed by atoms with Crippen LogP contribution in [0.25, 0.3) is 0 Å². The summed E-state index contributed by atoms with van der Waals surface area (Å²) in [6.07, 6.45) is 1.30. The van der Waals surface area contributed by atoms with Crippen LogP contribution >= 0.6 is 0 Å². The molecule has 2 heterocycles. The van der Waals surface area contributed by atoms with Gasteiger partial charge in [0, 0.05) is 12.3 Å². The Morgan fingerprint density at radius 1 is 1.28 bits per heavy atom. The van der Waals surface area contributed by atoms with Crippen molar-refractivity contribution in [3.63, 3.8) is 0 Å². The Hall–Kier alpha value is -3.34. The third kappa shape index (κ3) is 3.61. The molecule has 5 N–H and O–H groups in total. The van der Waals surface area contributed by atoms with Crippen LogP contribution in [-0.2, 0) is 10.0 Å². The molecule has 0 saturated heterocycles. The highest BCUT2D eigenvalue weighted by Gasteiger charge is 2.16. The summed E-state index contributed by atoms with van der Waals surface area (Å²) in [5.41, 5.74) is 6.39. The second kappa shape index (κ2) is 6.28. The molecule has 3 rings (SSSR count). The molecule has 0 saturated carbocycles. The summed E-state index contributed by atoms with van der Waals surface area (Å²) < 4.78 is 31.6. The SMILES string of the molecule is Cc1cc(NS(=O)(=O)c2ccc(N=Cc3c(N)[nH][nH]c3=O)cc2)on1. The second-order valence-corrected chi connectivity index (χ2v) is 6.78. The van der Waals surface area contributed by atoms with Crippen molar-refractivity contribution in [2.75, 3.05) is 10.5 Å². The minimum absolute atomic E-state index is 0.0273. The van der Waals surface area contributed by atoms with Gasteiger partial charge >= 0.3 is 0 Å². The van der Waals surface area contributed by atoms with Gasteiger partial charge in [-0.05, 0) is 31.2 Å². The van der Waals surface area contributed by atoms with E-state index >= 15 is 0 Å². The lowest BCUT2D eigenvalue weighted by molar-refractivity contribution is 0.430. The van der Waals surface area contributed by atoms with Crippen molar-refractivity contribution >= 4 is 33.6 Å². The van der Waals surface area contributed by atoms with Gasteiger partial charge in [0.15, 0.2) is 0 Å². The molecule has 0 unspecified atom stereocenters. The first-order chi connectivity index (χ1) is 11.8. The summed E-state index contributed by atoms with van der Waals surface area (Å²) in [6.45, 7) is 1.68. The number of nitrogen functional groups attached to an aromatic ring is 1. The molecule has 1 aromatic carbocycles. The molecule has 0 atom stereocenters. The lowest BCUT2D eigenvalue weighted by atomic mass is 10.3. The number of hydrogen-bond donors (Lipinski definition) is 4. The predicted molar refractivity (Wildman–Crippen MR) is 91.6 cm³/mol. The average Bonchev–Trinajstić information content (AvgIpc) is 3.11. The van der Waals surface area contributed by atoms with Gasteiger partial charge in [0.05, 0.1) is 16.3 Å². The fourth-order valence-electron chi connectivity index (χ4n) is 1.96. The van der Waals surface area contributed by atoms with Crippen molar-refractivity contribution in [1.29, 1.82) is 0 Å². The number of aryl methyl sites for hydroxylation is 1. The summed E-state index contributed by atoms with van der Waals surface area (Å²) in [6, 6.07) is 7.21. The highest BCUT2D eigenvalue weighted by atomic mass is 32.2. The van der Waals surface area contributed by atoms with E-state index < -0.39 is 15.6 Å². The fourth-order valence-corrected chi connectivity index (χ4v) is 2.94. The third-order valence-corrected chi connectivity index (χ3v) is 4.56. The minimum Gasteiger partial charge on any atom is -0.383 e. The highest BCUT2D eigenvalue weighted by molar-refractivity contribution is 7.92. The molecular weight excluding hydrogens is 348 g/mol. The summed E-state index contributed by atoms with van der Waals surface area (Å²) in [7, 11) is -3.80. The number of H-pyrrole nitrogens is 2. The van der Waals surface area contributed by atoms with Gasteiger partial charge in [-0.3, -0.25) is 20.0 Å². The Labute approximate surface area is 141 Å². The van der Waals surface area contributed by atoms with Crippen LogP contribution in [0.2, 0.25) is 0 Å². The molecule has 0 bridgehead atoms. The number of nitrogens with two attached hydrogens (primary N) is 1. The molecule has 0 spiro atoms. The van der Waals surface area contributed by atoms with E-state index in [0.717, 1.165) is 0 Å². The summed E-state index contributed by atoms with van der Waals surface area (Å²) in [5, 5.41) is 8.41. The first-order valence-corrected chi connectivity index (χ1v) is 8.50. The Bertz CT molecular complexity index is 1080. The zero-order chi connectivity index (χ0) is 18.0. The number of aliphatic imine (C=N–C) groups is 1. The Morgan fingerprint density at radius 2 is 2.00 bits per heavy atom. The van der Waals surface area contributed by atoms with Crippen LogP contribution in [0.4, 0.5) is 17.4 Å². The quantitative estimate of drug-likeness (QED) is 0.498. The number of aromatic nitrogens is 3. The summed E-state index contributed by atoms with van der Waals surface area (Å²) in [4.78, 5) is 15.6. The van der Waals surface area contributed by atoms with Crippen molar-refractivity contribution in [3.05, 3.63) is 51.9 Å². The van der Waals surface area contributed by atoms with E-state index in [1.54, 1.807) is 6.92 Å². The molecule has 0 fully saturated rings. The molecule has 2 aromatic heterocycles. The normalized spacial score (nSPS) is 11.9. The fraction of sp³-hybridized carbons (Fsp3) is 0.0714. The molecule has 10 nitrogen and oxygen atoms in total. The average molecular weight is 362 g/mol. The van der Waals surface area contributed by atoms with E-state index in [4.69, 9.17) is 10.3 Å². The van der Waals surface area contributed by atoms with Crippen molar-refractivity contribution in [3.8, 4) is 0 Å². The van der Waals surface area contributed by atoms with Crippen LogP contribution in [0.15, 0.2) is 49.5 Å². The molecule has 0 amide bonds. The van der Waals surface area contributed by atoms with E-state index in [9.17, 15) is 13.2 Å². The van der Waals surface area contributed by atoms with E-state index in [1.807, 2.05) is 0 Å². The number of rotatable bonds is 5. The van der Waals surface area contributed by atoms with Gasteiger partial charge in [0.2, 0.25) is 5.88 Å². The van der Waals surface area contributed by atoms with Crippen LogP contribution in [0.3, 0.4) is 0 Å². The van der Waals surface area contributed by atoms with Crippen molar-refractivity contribution in [1.82, 2.24) is 15.4 Å². The standard InChI is InChI=1S/C14H14N6O4S/c1-8-6-12(24-19-8)20-25(22,23)10-4-2-9(3-5-10)16-7-11-13(15)17-18-14(11)21/h2-7,20H,1H3,(H4,15,17,18,21). The Balaban J connectivity index is 1.79. The maximum absolute atomic E-state index is 12.3. The number of benzene rings is 1. The van der Waals surface area contributed by atoms with Gasteiger partial charge in [-0.2, -0.15) is 0 Å². The van der Waals surface area contributed by atoms with Crippen LogP contribution in [0, 0.1) is 6.92 Å². The zero-order valence-electron chi connectivity index (χ0n) is 13.0. The first kappa shape index (κ1) is 16.5. The number of hydrogen-bond acceptors (Lipinski definition) is 7. The van der Waals surface area contributed by atoms with E-state index in [1.165, 1.54) is 36.5 Å². The number of anilines is 2. The second-order valence-electron chi connectivity index (χ2n) is 5.10. The van der Waals surface area contributed by atoms with Gasteiger partial charge in [-0.1, -0.05) is 5.16 Å². The van der Waals surface area contributed by atoms with Crippen LogP contribution in [0.5, 0.6) is 0 Å². The number of nitrogens with one attached hydrogen (secondary N) is 3. The first-order valence-electron chi connectivity index (χ1n) is 7.01. The van der Waals surface area contributed by atoms with Gasteiger partial charge in [-0.15, -0.1) is 0 Å². The summed E-state index contributed by atoms with van der Waals surface area (Å²) in [5.74, 6) is 0.196. The molecule has 0 radical (unpaired) electrons. The van der Waals surface area contributed by atoms with Gasteiger partial charge in [-0.25, -0.2) is 13.1 Å². The predicted octanol–water partition coefficient (Wildman–Crippen LogP) is 1.13. The number of aromatic amines is 2. The lowest BCUT2D eigenvalue weighted by Crippen LogP contribution is -2.12. The summed E-state index contributed by atoms with van der Waals surface area (Å²) >= 11 is 0. The highest BCUT2D eigenvalue weighted by Crippen LogP contribution is 2.20. The van der Waals surface area contributed by atoms with Crippen LogP contribution in [0.1, 0.15) is 11.3 Å². The van der Waals surface area contributed by atoms with E-state index in [-0.39, 0.29) is 22.2 Å². The molecule has 0 aliphatic carbocycles. The van der Waals surface area contributed by atoms with Crippen molar-refractivity contribution < 1.29 is 12.9 Å². The number of sulfonamides is 1. The molecule has 130 valence electrons. The Kier molecular flexibility index (Phi) is 4.15. The lowest BCUT2D eigenvalue weighted by Gasteiger charge is -2.04. The van der Waals surface area contributed by atoms with Gasteiger partial charge in [0.25, 0.3) is 15.6 Å². The van der Waals surface area contributed by atoms with Crippen LogP contribution in [-0.4, -0.2) is 30.0 Å². The molecule has 0 aliphatic rings. The maximum atomic E-state index is 12.3. The largest absolute Gasteiger partial charge is 0.383 e. The number of nitrogens with zero attached hydrogens (tertiary/aromatic N) is 2. The monoisotopic (exact) mass is 362 g/mol. The minimum atomic E-state index is -3.80. The van der Waals surface area contributed by atoms with Gasteiger partial charge < -0.3 is 10.3 Å². The smallest absolute Gasteiger partial charge is 0.274 e. The zero-order valence-corrected chi connectivity index (χ0v) is 13.8. The van der Waals surface area contributed by atoms with E-state index in [0.29, 0.717) is 11.4 Å². The third-order valence-electron chi connectivity index (χ3n) is 3.20. The molecule has 0 aliphatic heterocycles. The van der Waals surface area contributed by atoms with Gasteiger partial charge in [0.1, 0.15) is 11.4 Å². The molecule has 11 heteroatoms. The maximum Gasteiger partial charge on any atom is 0.274 e. The van der Waals surface area contributed by atoms with Crippen LogP contribution < -0.4 is 16.0 Å². The van der Waals surface area contributed by atoms with E-state index in [2.05, 4.69) is 25.1 Å². The Morgan fingerprint density at radius 3 is 2.56 bits per heavy atom. The van der Waals surface area contributed by atoms with Crippen molar-refractivity contribution in [2.45, 2.75) is 11.8 Å². The topological polar surface area (TPSA) is 159 Å². The molecule has 3 aromatic rings. The van der Waals surface area contributed by atoms with Crippen molar-refractivity contribution in [2.24, 2.45) is 4.99 Å². The molecular formula is C14H14N6O4S. The molecule has 25 heavy (non-hydrogen) atoms.